The molecule has 2 unspecified atom stereocenters. The Morgan fingerprint density at radius 1 is 1.53 bits per heavy atom. The van der Waals surface area contributed by atoms with Crippen LogP contribution in [-0.4, -0.2) is 32.5 Å². The van der Waals surface area contributed by atoms with Crippen LogP contribution in [0.1, 0.15) is 32.6 Å². The molecule has 1 aliphatic carbocycles. The maximum Gasteiger partial charge on any atom is 0.343 e. The van der Waals surface area contributed by atoms with Crippen molar-refractivity contribution in [2.45, 2.75) is 43.8 Å². The van der Waals surface area contributed by atoms with Crippen LogP contribution in [0.15, 0.2) is 9.95 Å². The van der Waals surface area contributed by atoms with Crippen molar-refractivity contribution in [1.82, 2.24) is 20.1 Å². The van der Waals surface area contributed by atoms with Gasteiger partial charge in [-0.3, -0.25) is 9.36 Å². The van der Waals surface area contributed by atoms with Crippen molar-refractivity contribution >= 4 is 17.7 Å². The quantitative estimate of drug-likeness (QED) is 0.805. The second kappa shape index (κ2) is 6.27. The van der Waals surface area contributed by atoms with Gasteiger partial charge < -0.3 is 5.32 Å². The van der Waals surface area contributed by atoms with Gasteiger partial charge in [0.15, 0.2) is 5.16 Å². The van der Waals surface area contributed by atoms with Crippen LogP contribution in [0, 0.1) is 5.92 Å². The summed E-state index contributed by atoms with van der Waals surface area (Å²) < 4.78 is 1.40. The van der Waals surface area contributed by atoms with Crippen molar-refractivity contribution in [2.24, 2.45) is 13.0 Å². The molecule has 2 atom stereocenters. The van der Waals surface area contributed by atoms with E-state index in [1.54, 1.807) is 7.05 Å². The summed E-state index contributed by atoms with van der Waals surface area (Å²) in [4.78, 5) is 23.1. The fraction of sp³-hybridized carbons (Fsp3) is 0.750. The lowest BCUT2D eigenvalue weighted by Crippen LogP contribution is -2.41. The van der Waals surface area contributed by atoms with Crippen LogP contribution in [0.3, 0.4) is 0 Å². The molecule has 2 rings (SSSR count). The van der Waals surface area contributed by atoms with E-state index in [9.17, 15) is 9.59 Å². The molecule has 1 amide bonds. The maximum absolute atomic E-state index is 11.9. The first kappa shape index (κ1) is 14.2. The third-order valence-electron chi connectivity index (χ3n) is 3.63. The van der Waals surface area contributed by atoms with Crippen LogP contribution < -0.4 is 11.0 Å². The number of thioether (sulfide) groups is 1. The lowest BCUT2D eigenvalue weighted by Gasteiger charge is -2.29. The first-order valence-electron chi connectivity index (χ1n) is 6.61. The van der Waals surface area contributed by atoms with Gasteiger partial charge in [-0.1, -0.05) is 31.5 Å². The van der Waals surface area contributed by atoms with E-state index in [0.717, 1.165) is 6.42 Å². The molecule has 1 heterocycles. The number of amides is 1. The molecule has 1 aromatic rings. The van der Waals surface area contributed by atoms with E-state index in [-0.39, 0.29) is 11.6 Å². The largest absolute Gasteiger partial charge is 0.352 e. The summed E-state index contributed by atoms with van der Waals surface area (Å²) in [6, 6.07) is 0.296. The molecule has 1 aromatic heterocycles. The minimum atomic E-state index is -0.260. The third kappa shape index (κ3) is 3.62. The molecule has 0 bridgehead atoms. The third-order valence-corrected chi connectivity index (χ3v) is 4.66. The standard InChI is InChI=1S/C12H20N4O2S/c1-8-5-3-4-6-9(8)13-10(17)7-19-12-15-14-11(18)16(12)2/h8-9H,3-7H2,1-2H3,(H,13,17)(H,14,18). The fourth-order valence-electron chi connectivity index (χ4n) is 2.37. The molecule has 0 spiro atoms. The molecule has 1 aliphatic rings. The SMILES string of the molecule is CC1CCCCC1NC(=O)CSc1n[nH]c(=O)n1C. The van der Waals surface area contributed by atoms with Crippen LogP contribution in [-0.2, 0) is 11.8 Å². The zero-order valence-corrected chi connectivity index (χ0v) is 12.1. The van der Waals surface area contributed by atoms with Crippen molar-refractivity contribution in [1.29, 1.82) is 0 Å². The Bertz CT molecular complexity index is 496. The monoisotopic (exact) mass is 284 g/mol. The molecule has 106 valence electrons. The lowest BCUT2D eigenvalue weighted by atomic mass is 9.86. The van der Waals surface area contributed by atoms with Crippen LogP contribution in [0.2, 0.25) is 0 Å². The Balaban J connectivity index is 1.81. The highest BCUT2D eigenvalue weighted by Gasteiger charge is 2.22. The number of nitrogens with zero attached hydrogens (tertiary/aromatic N) is 2. The summed E-state index contributed by atoms with van der Waals surface area (Å²) in [6.45, 7) is 2.19. The molecule has 6 nitrogen and oxygen atoms in total. The molecule has 0 aromatic carbocycles. The van der Waals surface area contributed by atoms with Gasteiger partial charge in [0.2, 0.25) is 5.91 Å². The molecular weight excluding hydrogens is 264 g/mol. The maximum atomic E-state index is 11.9. The van der Waals surface area contributed by atoms with E-state index in [0.29, 0.717) is 22.9 Å². The van der Waals surface area contributed by atoms with Gasteiger partial charge in [0.25, 0.3) is 0 Å². The number of hydrogen-bond acceptors (Lipinski definition) is 4. The Kier molecular flexibility index (Phi) is 4.68. The van der Waals surface area contributed by atoms with E-state index in [2.05, 4.69) is 22.4 Å². The lowest BCUT2D eigenvalue weighted by molar-refractivity contribution is -0.119. The van der Waals surface area contributed by atoms with Gasteiger partial charge in [0.1, 0.15) is 0 Å². The smallest absolute Gasteiger partial charge is 0.343 e. The van der Waals surface area contributed by atoms with E-state index in [1.165, 1.54) is 35.6 Å². The second-order valence-corrected chi connectivity index (χ2v) is 6.04. The minimum absolute atomic E-state index is 0.0131. The summed E-state index contributed by atoms with van der Waals surface area (Å²) >= 11 is 1.27. The van der Waals surface area contributed by atoms with E-state index < -0.39 is 0 Å². The first-order chi connectivity index (χ1) is 9.08. The first-order valence-corrected chi connectivity index (χ1v) is 7.60. The van der Waals surface area contributed by atoms with Gasteiger partial charge in [-0.2, -0.15) is 0 Å². The van der Waals surface area contributed by atoms with Gasteiger partial charge in [0.05, 0.1) is 5.75 Å². The van der Waals surface area contributed by atoms with E-state index >= 15 is 0 Å². The highest BCUT2D eigenvalue weighted by atomic mass is 32.2. The highest BCUT2D eigenvalue weighted by molar-refractivity contribution is 7.99. The summed E-state index contributed by atoms with van der Waals surface area (Å²) in [5.74, 6) is 0.859. The van der Waals surface area contributed by atoms with Gasteiger partial charge in [-0.15, -0.1) is 5.10 Å². The topological polar surface area (TPSA) is 79.8 Å². The molecular formula is C12H20N4O2S. The van der Waals surface area contributed by atoms with Crippen molar-refractivity contribution < 1.29 is 4.79 Å². The normalized spacial score (nSPS) is 23.3. The molecule has 1 fully saturated rings. The van der Waals surface area contributed by atoms with Crippen molar-refractivity contribution in [3.8, 4) is 0 Å². The summed E-state index contributed by atoms with van der Waals surface area (Å²) in [5, 5.41) is 9.83. The Morgan fingerprint density at radius 3 is 2.89 bits per heavy atom. The van der Waals surface area contributed by atoms with Crippen LogP contribution in [0.25, 0.3) is 0 Å². The molecule has 1 saturated carbocycles. The van der Waals surface area contributed by atoms with Crippen LogP contribution in [0.4, 0.5) is 0 Å². The Labute approximate surface area is 116 Å². The van der Waals surface area contributed by atoms with Crippen molar-refractivity contribution in [2.75, 3.05) is 5.75 Å². The highest BCUT2D eigenvalue weighted by Crippen LogP contribution is 2.23. The summed E-state index contributed by atoms with van der Waals surface area (Å²) in [6.07, 6.45) is 4.71. The van der Waals surface area contributed by atoms with Gasteiger partial charge in [-0.25, -0.2) is 9.89 Å². The Hall–Kier alpha value is -1.24. The number of aromatic nitrogens is 3. The molecule has 0 radical (unpaired) electrons. The number of H-pyrrole nitrogens is 1. The predicted molar refractivity (Wildman–Crippen MR) is 74.1 cm³/mol. The van der Waals surface area contributed by atoms with Crippen LogP contribution >= 0.6 is 11.8 Å². The number of nitrogens with one attached hydrogen (secondary N) is 2. The number of carbonyl (C=O) groups is 1. The fourth-order valence-corrected chi connectivity index (χ4v) is 3.10. The van der Waals surface area contributed by atoms with E-state index in [4.69, 9.17) is 0 Å². The van der Waals surface area contributed by atoms with E-state index in [1.807, 2.05) is 0 Å². The van der Waals surface area contributed by atoms with Gasteiger partial charge >= 0.3 is 5.69 Å². The average Bonchev–Trinajstić information content (AvgIpc) is 2.70. The molecule has 19 heavy (non-hydrogen) atoms. The number of aromatic amines is 1. The molecule has 0 saturated heterocycles. The second-order valence-electron chi connectivity index (χ2n) is 5.09. The average molecular weight is 284 g/mol. The number of rotatable bonds is 4. The zero-order valence-electron chi connectivity index (χ0n) is 11.3. The van der Waals surface area contributed by atoms with Gasteiger partial charge in [0, 0.05) is 13.1 Å². The van der Waals surface area contributed by atoms with Crippen molar-refractivity contribution in [3.05, 3.63) is 10.5 Å². The summed E-state index contributed by atoms with van der Waals surface area (Å²) in [7, 11) is 1.63. The minimum Gasteiger partial charge on any atom is -0.352 e. The summed E-state index contributed by atoms with van der Waals surface area (Å²) in [5.41, 5.74) is -0.260. The predicted octanol–water partition coefficient (Wildman–Crippen LogP) is 0.895. The molecule has 2 N–H and O–H groups in total. The van der Waals surface area contributed by atoms with Gasteiger partial charge in [-0.05, 0) is 18.8 Å². The molecule has 0 aliphatic heterocycles. The number of carbonyl (C=O) groups excluding carboxylic acids is 1. The number of hydrogen-bond donors (Lipinski definition) is 2. The zero-order chi connectivity index (χ0) is 13.8. The van der Waals surface area contributed by atoms with Crippen LogP contribution in [0.5, 0.6) is 0 Å². The van der Waals surface area contributed by atoms with Crippen molar-refractivity contribution in [3.63, 3.8) is 0 Å². The Morgan fingerprint density at radius 2 is 2.26 bits per heavy atom. The molecule has 7 heteroatoms.